The lowest BCUT2D eigenvalue weighted by Gasteiger charge is -2.68. The number of fused-ring (bicyclic) bond motifs is 5. The Morgan fingerprint density at radius 3 is 2.15 bits per heavy atom. The van der Waals surface area contributed by atoms with Gasteiger partial charge < -0.3 is 39.7 Å². The molecule has 3 aliphatic carbocycles. The lowest BCUT2D eigenvalue weighted by molar-refractivity contribution is -0.365. The minimum Gasteiger partial charge on any atom is -0.458 e. The van der Waals surface area contributed by atoms with Gasteiger partial charge in [0.15, 0.2) is 5.60 Å². The maximum Gasteiger partial charge on any atom is 0.303 e. The summed E-state index contributed by atoms with van der Waals surface area (Å²) in [6.45, 7) is 8.80. The third-order valence-electron chi connectivity index (χ3n) is 9.25. The van der Waals surface area contributed by atoms with E-state index in [9.17, 15) is 35.1 Å². The Kier molecular flexibility index (Phi) is 5.79. The summed E-state index contributed by atoms with van der Waals surface area (Å²) in [7, 11) is 0. The number of rotatable bonds is 2. The molecule has 0 spiro atoms. The van der Waals surface area contributed by atoms with Crippen molar-refractivity contribution in [3.05, 3.63) is 11.1 Å². The van der Waals surface area contributed by atoms with E-state index in [1.54, 1.807) is 20.8 Å². The topological polar surface area (TPSA) is 163 Å². The Morgan fingerprint density at radius 2 is 1.65 bits per heavy atom. The predicted octanol–water partition coefficient (Wildman–Crippen LogP) is -0.420. The van der Waals surface area contributed by atoms with E-state index in [-0.39, 0.29) is 25.0 Å². The molecule has 0 aromatic rings. The summed E-state index contributed by atoms with van der Waals surface area (Å²) in [6.07, 6.45) is -7.99. The first-order chi connectivity index (χ1) is 15.6. The van der Waals surface area contributed by atoms with Crippen LogP contribution in [0.2, 0.25) is 0 Å². The second-order valence-electron chi connectivity index (χ2n) is 11.2. The average Bonchev–Trinajstić information content (AvgIpc) is 2.71. The highest BCUT2D eigenvalue weighted by molar-refractivity contribution is 5.67. The second kappa shape index (κ2) is 7.72. The van der Waals surface area contributed by atoms with Gasteiger partial charge in [-0.05, 0) is 18.1 Å². The number of hydrogen-bond acceptors (Lipinski definition) is 10. The molecule has 10 atom stereocenters. The van der Waals surface area contributed by atoms with Crippen molar-refractivity contribution in [2.75, 3.05) is 6.61 Å². The first-order valence-corrected chi connectivity index (χ1v) is 11.7. The number of aliphatic hydroxyl groups is 5. The lowest BCUT2D eigenvalue weighted by atomic mass is 9.44. The molecule has 0 unspecified atom stereocenters. The Hall–Kier alpha value is -1.56. The van der Waals surface area contributed by atoms with Gasteiger partial charge in [0.25, 0.3) is 0 Å². The Balaban J connectivity index is 1.99. The summed E-state index contributed by atoms with van der Waals surface area (Å²) < 4.78 is 16.8. The molecule has 10 nitrogen and oxygen atoms in total. The normalized spacial score (nSPS) is 49.6. The van der Waals surface area contributed by atoms with E-state index < -0.39 is 76.5 Å². The molecule has 0 radical (unpaired) electrons. The zero-order valence-corrected chi connectivity index (χ0v) is 20.4. The van der Waals surface area contributed by atoms with Crippen LogP contribution in [0.3, 0.4) is 0 Å². The van der Waals surface area contributed by atoms with Crippen molar-refractivity contribution >= 4 is 11.9 Å². The molecule has 0 amide bonds. The van der Waals surface area contributed by atoms with Crippen LogP contribution in [-0.4, -0.2) is 91.9 Å². The van der Waals surface area contributed by atoms with Crippen molar-refractivity contribution < 1.29 is 49.3 Å². The standard InChI is InChI=1S/C24H36O10/c1-10-13(33-11(2)25)8-24(31)20(30)18-22(6,19(29)17(28)16(10)21(24,4)5)14(27)7-15-23(18,9-32-15)34-12(3)26/h13-15,17-20,27-31H,7-9H2,1-6H3/t13-,14-,15+,17+,18-,19-,20-,22+,23-,24+/m0/s1. The van der Waals surface area contributed by atoms with Gasteiger partial charge >= 0.3 is 11.9 Å². The van der Waals surface area contributed by atoms with E-state index in [1.807, 2.05) is 0 Å². The minimum atomic E-state index is -1.99. The maximum atomic E-state index is 12.2. The fourth-order valence-electron chi connectivity index (χ4n) is 7.32. The van der Waals surface area contributed by atoms with Crippen molar-refractivity contribution in [3.63, 3.8) is 0 Å². The lowest BCUT2D eigenvalue weighted by Crippen LogP contribution is -2.82. The molecule has 3 fully saturated rings. The van der Waals surface area contributed by atoms with Crippen LogP contribution in [0.4, 0.5) is 0 Å². The second-order valence-corrected chi connectivity index (χ2v) is 11.2. The summed E-state index contributed by atoms with van der Waals surface area (Å²) in [4.78, 5) is 24.0. The van der Waals surface area contributed by atoms with Crippen molar-refractivity contribution in [2.45, 2.75) is 102 Å². The van der Waals surface area contributed by atoms with Gasteiger partial charge in [0.1, 0.15) is 23.9 Å². The first-order valence-electron chi connectivity index (χ1n) is 11.7. The largest absolute Gasteiger partial charge is 0.458 e. The molecule has 34 heavy (non-hydrogen) atoms. The highest BCUT2D eigenvalue weighted by Crippen LogP contribution is 2.64. The summed E-state index contributed by atoms with van der Waals surface area (Å²) in [5.74, 6) is -2.45. The summed E-state index contributed by atoms with van der Waals surface area (Å²) in [6, 6.07) is 0. The average molecular weight is 485 g/mol. The number of hydrogen-bond donors (Lipinski definition) is 5. The van der Waals surface area contributed by atoms with Gasteiger partial charge in [0.05, 0.1) is 24.9 Å². The van der Waals surface area contributed by atoms with Crippen LogP contribution in [0.15, 0.2) is 11.1 Å². The molecule has 1 heterocycles. The van der Waals surface area contributed by atoms with Crippen LogP contribution in [0, 0.1) is 16.7 Å². The molecule has 2 bridgehead atoms. The molecule has 4 aliphatic rings. The summed E-state index contributed by atoms with van der Waals surface area (Å²) in [5, 5.41) is 58.5. The van der Waals surface area contributed by atoms with Crippen LogP contribution < -0.4 is 0 Å². The van der Waals surface area contributed by atoms with E-state index in [1.165, 1.54) is 20.8 Å². The summed E-state index contributed by atoms with van der Waals surface area (Å²) in [5.41, 5.74) is -5.58. The smallest absolute Gasteiger partial charge is 0.303 e. The van der Waals surface area contributed by atoms with Crippen molar-refractivity contribution in [2.24, 2.45) is 16.7 Å². The SMILES string of the molecule is CC(=O)O[C@H]1C[C@@]2(O)[C@@H](O)[C@@H]3[C@]4(OC(C)=O)CO[C@@H]4C[C@H](O)[C@@]3(C)[C@@H](O)[C@H](O)C(=C1C)C2(C)C. The van der Waals surface area contributed by atoms with Crippen LogP contribution in [-0.2, 0) is 23.8 Å². The van der Waals surface area contributed by atoms with Crippen LogP contribution >= 0.6 is 0 Å². The molecule has 4 rings (SSSR count). The van der Waals surface area contributed by atoms with E-state index in [0.29, 0.717) is 5.57 Å². The molecule has 2 saturated carbocycles. The van der Waals surface area contributed by atoms with E-state index in [4.69, 9.17) is 14.2 Å². The Labute approximate surface area is 198 Å². The Morgan fingerprint density at radius 1 is 1.03 bits per heavy atom. The molecule has 192 valence electrons. The van der Waals surface area contributed by atoms with Crippen molar-refractivity contribution in [1.82, 2.24) is 0 Å². The molecule has 1 saturated heterocycles. The van der Waals surface area contributed by atoms with E-state index >= 15 is 0 Å². The maximum absolute atomic E-state index is 12.2. The van der Waals surface area contributed by atoms with Gasteiger partial charge in [-0.1, -0.05) is 20.8 Å². The van der Waals surface area contributed by atoms with Gasteiger partial charge in [-0.15, -0.1) is 0 Å². The molecule has 1 aliphatic heterocycles. The number of aliphatic hydroxyl groups excluding tert-OH is 4. The number of carbonyl (C=O) groups excluding carboxylic acids is 2. The van der Waals surface area contributed by atoms with Gasteiger partial charge in [-0.3, -0.25) is 9.59 Å². The third-order valence-corrected chi connectivity index (χ3v) is 9.25. The van der Waals surface area contributed by atoms with Gasteiger partial charge in [-0.25, -0.2) is 0 Å². The monoisotopic (exact) mass is 484 g/mol. The Bertz CT molecular complexity index is 929. The summed E-state index contributed by atoms with van der Waals surface area (Å²) >= 11 is 0. The zero-order chi connectivity index (χ0) is 25.6. The number of ether oxygens (including phenoxy) is 3. The molecular formula is C24H36O10. The van der Waals surface area contributed by atoms with Crippen LogP contribution in [0.1, 0.15) is 54.4 Å². The van der Waals surface area contributed by atoms with Crippen LogP contribution in [0.5, 0.6) is 0 Å². The third kappa shape index (κ3) is 3.02. The van der Waals surface area contributed by atoms with Gasteiger partial charge in [-0.2, -0.15) is 0 Å². The number of esters is 2. The zero-order valence-electron chi connectivity index (χ0n) is 20.4. The fraction of sp³-hybridized carbons (Fsp3) is 0.833. The molecule has 0 aromatic heterocycles. The predicted molar refractivity (Wildman–Crippen MR) is 116 cm³/mol. The fourth-order valence-corrected chi connectivity index (χ4v) is 7.32. The van der Waals surface area contributed by atoms with Crippen LogP contribution in [0.25, 0.3) is 0 Å². The molecule has 10 heteroatoms. The molecular weight excluding hydrogens is 448 g/mol. The van der Waals surface area contributed by atoms with Gasteiger partial charge in [0.2, 0.25) is 0 Å². The molecule has 0 aromatic carbocycles. The minimum absolute atomic E-state index is 0.00665. The first kappa shape index (κ1) is 25.5. The van der Waals surface area contributed by atoms with Crippen molar-refractivity contribution in [3.8, 4) is 0 Å². The number of carbonyl (C=O) groups is 2. The van der Waals surface area contributed by atoms with E-state index in [2.05, 4.69) is 0 Å². The molecule has 5 N–H and O–H groups in total. The van der Waals surface area contributed by atoms with Gasteiger partial charge in [0, 0.05) is 43.4 Å². The quantitative estimate of drug-likeness (QED) is 0.257. The van der Waals surface area contributed by atoms with Crippen molar-refractivity contribution in [1.29, 1.82) is 0 Å². The highest BCUT2D eigenvalue weighted by Gasteiger charge is 2.76. The van der Waals surface area contributed by atoms with E-state index in [0.717, 1.165) is 0 Å². The highest BCUT2D eigenvalue weighted by atomic mass is 16.6.